The van der Waals surface area contributed by atoms with Gasteiger partial charge in [0.1, 0.15) is 0 Å². The summed E-state index contributed by atoms with van der Waals surface area (Å²) in [6, 6.07) is 5.44. The maximum absolute atomic E-state index is 12.9. The molecule has 7 nitrogen and oxygen atoms in total. The van der Waals surface area contributed by atoms with Crippen molar-refractivity contribution in [1.29, 1.82) is 0 Å². The minimum Gasteiger partial charge on any atom is -0.490 e. The van der Waals surface area contributed by atoms with E-state index in [0.717, 1.165) is 38.4 Å². The number of carbonyl (C=O) groups is 1. The van der Waals surface area contributed by atoms with Crippen LogP contribution in [0.3, 0.4) is 0 Å². The Kier molecular flexibility index (Phi) is 6.57. The number of carbonyl (C=O) groups excluding carboxylic acids is 1. The van der Waals surface area contributed by atoms with Gasteiger partial charge in [0.2, 0.25) is 0 Å². The van der Waals surface area contributed by atoms with E-state index in [1.165, 1.54) is 5.56 Å². The van der Waals surface area contributed by atoms with Crippen molar-refractivity contribution in [3.8, 4) is 11.5 Å². The first-order valence-corrected chi connectivity index (χ1v) is 9.92. The SMILES string of the molecule is CCOc1ccc(C(=O)N2CCN(Cc3cn(C)nc3C)CC2)cc1OCC. The molecule has 1 aromatic heterocycles. The lowest BCUT2D eigenvalue weighted by Gasteiger charge is -2.34. The summed E-state index contributed by atoms with van der Waals surface area (Å²) in [6.45, 7) is 11.0. The molecule has 0 spiro atoms. The van der Waals surface area contributed by atoms with Crippen molar-refractivity contribution < 1.29 is 14.3 Å². The van der Waals surface area contributed by atoms with Crippen LogP contribution in [0.1, 0.15) is 35.5 Å². The van der Waals surface area contributed by atoms with Crippen LogP contribution in [0.5, 0.6) is 11.5 Å². The van der Waals surface area contributed by atoms with Crippen molar-refractivity contribution in [3.63, 3.8) is 0 Å². The zero-order valence-corrected chi connectivity index (χ0v) is 17.3. The Morgan fingerprint density at radius 2 is 1.75 bits per heavy atom. The molecule has 7 heteroatoms. The fourth-order valence-corrected chi connectivity index (χ4v) is 3.52. The number of benzene rings is 1. The van der Waals surface area contributed by atoms with Gasteiger partial charge in [-0.05, 0) is 39.0 Å². The van der Waals surface area contributed by atoms with Crippen LogP contribution in [0, 0.1) is 6.92 Å². The molecule has 0 atom stereocenters. The highest BCUT2D eigenvalue weighted by atomic mass is 16.5. The average Bonchev–Trinajstić information content (AvgIpc) is 3.00. The van der Waals surface area contributed by atoms with E-state index in [0.29, 0.717) is 30.3 Å². The summed E-state index contributed by atoms with van der Waals surface area (Å²) < 4.78 is 13.1. The number of amides is 1. The molecular formula is C21H30N4O3. The first kappa shape index (κ1) is 20.2. The molecule has 28 heavy (non-hydrogen) atoms. The maximum Gasteiger partial charge on any atom is 0.254 e. The molecule has 0 unspecified atom stereocenters. The van der Waals surface area contributed by atoms with E-state index >= 15 is 0 Å². The van der Waals surface area contributed by atoms with E-state index in [9.17, 15) is 4.79 Å². The monoisotopic (exact) mass is 386 g/mol. The molecule has 0 saturated carbocycles. The Balaban J connectivity index is 1.61. The molecule has 1 saturated heterocycles. The molecule has 2 heterocycles. The summed E-state index contributed by atoms with van der Waals surface area (Å²) in [7, 11) is 1.94. The lowest BCUT2D eigenvalue weighted by molar-refractivity contribution is 0.0627. The molecule has 0 bridgehead atoms. The van der Waals surface area contributed by atoms with Crippen molar-refractivity contribution in [2.75, 3.05) is 39.4 Å². The zero-order chi connectivity index (χ0) is 20.1. The van der Waals surface area contributed by atoms with Crippen molar-refractivity contribution in [2.45, 2.75) is 27.3 Å². The Morgan fingerprint density at radius 1 is 1.07 bits per heavy atom. The highest BCUT2D eigenvalue weighted by molar-refractivity contribution is 5.95. The van der Waals surface area contributed by atoms with Crippen molar-refractivity contribution in [3.05, 3.63) is 41.2 Å². The van der Waals surface area contributed by atoms with E-state index in [1.54, 1.807) is 6.07 Å². The molecule has 1 aliphatic heterocycles. The van der Waals surface area contributed by atoms with Gasteiger partial charge in [-0.1, -0.05) is 0 Å². The van der Waals surface area contributed by atoms with Crippen LogP contribution in [-0.2, 0) is 13.6 Å². The molecular weight excluding hydrogens is 356 g/mol. The van der Waals surface area contributed by atoms with Gasteiger partial charge in [0, 0.05) is 57.1 Å². The molecule has 1 aromatic carbocycles. The molecule has 0 radical (unpaired) electrons. The standard InChI is InChI=1S/C21H30N4O3/c1-5-27-19-8-7-17(13-20(19)28-6-2)21(26)25-11-9-24(10-12-25)15-18-14-23(4)22-16(18)3/h7-8,13-14H,5-6,9-12,15H2,1-4H3. The van der Waals surface area contributed by atoms with Gasteiger partial charge in [0.15, 0.2) is 11.5 Å². The third-order valence-corrected chi connectivity index (χ3v) is 4.96. The Labute approximate surface area is 166 Å². The second-order valence-electron chi connectivity index (χ2n) is 7.01. The molecule has 1 fully saturated rings. The van der Waals surface area contributed by atoms with Gasteiger partial charge in [0.25, 0.3) is 5.91 Å². The van der Waals surface area contributed by atoms with E-state index in [-0.39, 0.29) is 5.91 Å². The third-order valence-electron chi connectivity index (χ3n) is 4.96. The quantitative estimate of drug-likeness (QED) is 0.732. The number of aromatic nitrogens is 2. The first-order valence-electron chi connectivity index (χ1n) is 9.92. The van der Waals surface area contributed by atoms with Crippen LogP contribution in [0.2, 0.25) is 0 Å². The third kappa shape index (κ3) is 4.65. The summed E-state index contributed by atoms with van der Waals surface area (Å²) >= 11 is 0. The summed E-state index contributed by atoms with van der Waals surface area (Å²) in [5, 5.41) is 4.41. The molecule has 2 aromatic rings. The number of ether oxygens (including phenoxy) is 2. The number of aryl methyl sites for hydroxylation is 2. The molecule has 0 N–H and O–H groups in total. The van der Waals surface area contributed by atoms with Crippen molar-refractivity contribution in [1.82, 2.24) is 19.6 Å². The fraction of sp³-hybridized carbons (Fsp3) is 0.524. The van der Waals surface area contributed by atoms with Crippen LogP contribution < -0.4 is 9.47 Å². The molecule has 152 valence electrons. The normalized spacial score (nSPS) is 14.9. The second-order valence-corrected chi connectivity index (χ2v) is 7.01. The van der Waals surface area contributed by atoms with E-state index < -0.39 is 0 Å². The highest BCUT2D eigenvalue weighted by Crippen LogP contribution is 2.29. The van der Waals surface area contributed by atoms with E-state index in [4.69, 9.17) is 9.47 Å². The molecule has 1 aliphatic rings. The Hall–Kier alpha value is -2.54. The van der Waals surface area contributed by atoms with Gasteiger partial charge in [-0.15, -0.1) is 0 Å². The van der Waals surface area contributed by atoms with Crippen LogP contribution in [0.4, 0.5) is 0 Å². The Bertz CT molecular complexity index is 810. The smallest absolute Gasteiger partial charge is 0.254 e. The van der Waals surface area contributed by atoms with Crippen LogP contribution in [0.15, 0.2) is 24.4 Å². The number of nitrogens with zero attached hydrogens (tertiary/aromatic N) is 4. The lowest BCUT2D eigenvalue weighted by Crippen LogP contribution is -2.48. The summed E-state index contributed by atoms with van der Waals surface area (Å²) in [4.78, 5) is 17.2. The van der Waals surface area contributed by atoms with Crippen LogP contribution >= 0.6 is 0 Å². The van der Waals surface area contributed by atoms with Crippen molar-refractivity contribution in [2.24, 2.45) is 7.05 Å². The Morgan fingerprint density at radius 3 is 2.36 bits per heavy atom. The predicted molar refractivity (Wildman–Crippen MR) is 108 cm³/mol. The lowest BCUT2D eigenvalue weighted by atomic mass is 10.1. The maximum atomic E-state index is 12.9. The van der Waals surface area contributed by atoms with Gasteiger partial charge in [0.05, 0.1) is 18.9 Å². The van der Waals surface area contributed by atoms with Gasteiger partial charge in [-0.25, -0.2) is 0 Å². The van der Waals surface area contributed by atoms with Crippen LogP contribution in [0.25, 0.3) is 0 Å². The van der Waals surface area contributed by atoms with E-state index in [1.807, 2.05) is 49.5 Å². The summed E-state index contributed by atoms with van der Waals surface area (Å²) in [5.41, 5.74) is 2.96. The highest BCUT2D eigenvalue weighted by Gasteiger charge is 2.23. The predicted octanol–water partition coefficient (Wildman–Crippen LogP) is 2.48. The minimum absolute atomic E-state index is 0.0428. The average molecular weight is 386 g/mol. The number of piperazine rings is 1. The molecule has 1 amide bonds. The van der Waals surface area contributed by atoms with Gasteiger partial charge < -0.3 is 14.4 Å². The number of rotatable bonds is 7. The summed E-state index contributed by atoms with van der Waals surface area (Å²) in [6.07, 6.45) is 2.07. The number of hydrogen-bond donors (Lipinski definition) is 0. The largest absolute Gasteiger partial charge is 0.490 e. The summed E-state index contributed by atoms with van der Waals surface area (Å²) in [5.74, 6) is 1.35. The fourth-order valence-electron chi connectivity index (χ4n) is 3.52. The first-order chi connectivity index (χ1) is 13.5. The zero-order valence-electron chi connectivity index (χ0n) is 17.3. The molecule has 0 aliphatic carbocycles. The second kappa shape index (κ2) is 9.10. The molecule has 3 rings (SSSR count). The van der Waals surface area contributed by atoms with Gasteiger partial charge >= 0.3 is 0 Å². The van der Waals surface area contributed by atoms with Crippen molar-refractivity contribution >= 4 is 5.91 Å². The van der Waals surface area contributed by atoms with Gasteiger partial charge in [-0.2, -0.15) is 5.10 Å². The minimum atomic E-state index is 0.0428. The topological polar surface area (TPSA) is 59.8 Å². The van der Waals surface area contributed by atoms with Crippen LogP contribution in [-0.4, -0.2) is 64.9 Å². The number of hydrogen-bond acceptors (Lipinski definition) is 5. The van der Waals surface area contributed by atoms with Gasteiger partial charge in [-0.3, -0.25) is 14.4 Å². The van der Waals surface area contributed by atoms with E-state index in [2.05, 4.69) is 16.2 Å².